The molecule has 0 bridgehead atoms. The molecule has 2 aromatic carbocycles. The molecule has 0 aliphatic rings. The van der Waals surface area contributed by atoms with Crippen molar-refractivity contribution in [2.75, 3.05) is 24.7 Å². The van der Waals surface area contributed by atoms with Crippen molar-refractivity contribution in [1.29, 1.82) is 0 Å². The molecule has 1 heterocycles. The monoisotopic (exact) mass is 292 g/mol. The SMILES string of the molecule is CN(C)c1ccc(-c2nccn2Cc2cccc(N)c2)cc1. The van der Waals surface area contributed by atoms with Crippen LogP contribution in [0.2, 0.25) is 0 Å². The quantitative estimate of drug-likeness (QED) is 0.751. The van der Waals surface area contributed by atoms with E-state index in [1.54, 1.807) is 0 Å². The predicted octanol–water partition coefficient (Wildman–Crippen LogP) is 3.25. The zero-order valence-corrected chi connectivity index (χ0v) is 12.9. The molecule has 0 spiro atoms. The van der Waals surface area contributed by atoms with Gasteiger partial charge in [0, 0.05) is 50.0 Å². The summed E-state index contributed by atoms with van der Waals surface area (Å²) in [5.41, 5.74) is 10.1. The lowest BCUT2D eigenvalue weighted by Crippen LogP contribution is -2.08. The van der Waals surface area contributed by atoms with Crippen molar-refractivity contribution in [2.45, 2.75) is 6.54 Å². The molecule has 0 amide bonds. The second-order valence-electron chi connectivity index (χ2n) is 5.57. The van der Waals surface area contributed by atoms with E-state index in [4.69, 9.17) is 5.73 Å². The van der Waals surface area contributed by atoms with Crippen molar-refractivity contribution in [3.05, 3.63) is 66.5 Å². The minimum atomic E-state index is 0.760. The zero-order valence-electron chi connectivity index (χ0n) is 12.9. The molecule has 0 saturated heterocycles. The average Bonchev–Trinajstić information content (AvgIpc) is 2.95. The number of hydrogen-bond acceptors (Lipinski definition) is 3. The van der Waals surface area contributed by atoms with Crippen LogP contribution >= 0.6 is 0 Å². The highest BCUT2D eigenvalue weighted by atomic mass is 15.1. The zero-order chi connectivity index (χ0) is 15.5. The van der Waals surface area contributed by atoms with Gasteiger partial charge in [0.05, 0.1) is 0 Å². The van der Waals surface area contributed by atoms with E-state index in [2.05, 4.69) is 44.8 Å². The van der Waals surface area contributed by atoms with Gasteiger partial charge in [-0.15, -0.1) is 0 Å². The molecular weight excluding hydrogens is 272 g/mol. The van der Waals surface area contributed by atoms with Gasteiger partial charge in [0.25, 0.3) is 0 Å². The largest absolute Gasteiger partial charge is 0.399 e. The van der Waals surface area contributed by atoms with Crippen LogP contribution in [0.4, 0.5) is 11.4 Å². The van der Waals surface area contributed by atoms with Crippen molar-refractivity contribution < 1.29 is 0 Å². The first kappa shape index (κ1) is 14.2. The molecule has 2 N–H and O–H groups in total. The van der Waals surface area contributed by atoms with Gasteiger partial charge in [-0.1, -0.05) is 12.1 Å². The lowest BCUT2D eigenvalue weighted by molar-refractivity contribution is 0.807. The topological polar surface area (TPSA) is 47.1 Å². The number of benzene rings is 2. The second-order valence-corrected chi connectivity index (χ2v) is 5.57. The Morgan fingerprint density at radius 1 is 1.09 bits per heavy atom. The van der Waals surface area contributed by atoms with Crippen LogP contribution < -0.4 is 10.6 Å². The number of rotatable bonds is 4. The lowest BCUT2D eigenvalue weighted by Gasteiger charge is -2.13. The molecule has 0 unspecified atom stereocenters. The van der Waals surface area contributed by atoms with Crippen LogP contribution in [0.25, 0.3) is 11.4 Å². The van der Waals surface area contributed by atoms with Crippen molar-refractivity contribution in [3.8, 4) is 11.4 Å². The number of hydrogen-bond donors (Lipinski definition) is 1. The molecule has 22 heavy (non-hydrogen) atoms. The maximum absolute atomic E-state index is 5.85. The highest BCUT2D eigenvalue weighted by molar-refractivity contribution is 5.60. The fourth-order valence-corrected chi connectivity index (χ4v) is 2.49. The van der Waals surface area contributed by atoms with Crippen molar-refractivity contribution in [3.63, 3.8) is 0 Å². The minimum Gasteiger partial charge on any atom is -0.399 e. The third kappa shape index (κ3) is 2.96. The normalized spacial score (nSPS) is 10.6. The first-order valence-electron chi connectivity index (χ1n) is 7.27. The number of anilines is 2. The van der Waals surface area contributed by atoms with Crippen molar-refractivity contribution in [1.82, 2.24) is 9.55 Å². The Balaban J connectivity index is 1.88. The summed E-state index contributed by atoms with van der Waals surface area (Å²) in [7, 11) is 4.07. The molecular formula is C18H20N4. The fourth-order valence-electron chi connectivity index (χ4n) is 2.49. The molecule has 0 aliphatic carbocycles. The third-order valence-electron chi connectivity index (χ3n) is 3.66. The summed E-state index contributed by atoms with van der Waals surface area (Å²) in [6.07, 6.45) is 3.83. The van der Waals surface area contributed by atoms with E-state index in [0.717, 1.165) is 23.6 Å². The third-order valence-corrected chi connectivity index (χ3v) is 3.66. The summed E-state index contributed by atoms with van der Waals surface area (Å²) in [6.45, 7) is 0.760. The first-order valence-corrected chi connectivity index (χ1v) is 7.27. The molecule has 1 aromatic heterocycles. The van der Waals surface area contributed by atoms with E-state index >= 15 is 0 Å². The molecule has 0 radical (unpaired) electrons. The Hall–Kier alpha value is -2.75. The summed E-state index contributed by atoms with van der Waals surface area (Å²) in [6, 6.07) is 16.4. The number of aromatic nitrogens is 2. The number of nitrogen functional groups attached to an aromatic ring is 1. The molecule has 0 atom stereocenters. The van der Waals surface area contributed by atoms with E-state index in [1.165, 1.54) is 11.3 Å². The Labute approximate surface area is 130 Å². The van der Waals surface area contributed by atoms with E-state index < -0.39 is 0 Å². The number of imidazole rings is 1. The van der Waals surface area contributed by atoms with Crippen LogP contribution in [0, 0.1) is 0 Å². The van der Waals surface area contributed by atoms with Gasteiger partial charge in [-0.25, -0.2) is 4.98 Å². The highest BCUT2D eigenvalue weighted by Crippen LogP contribution is 2.22. The number of nitrogens with two attached hydrogens (primary N) is 1. The van der Waals surface area contributed by atoms with Crippen LogP contribution in [0.3, 0.4) is 0 Å². The summed E-state index contributed by atoms with van der Waals surface area (Å²) < 4.78 is 2.14. The van der Waals surface area contributed by atoms with Gasteiger partial charge in [-0.3, -0.25) is 0 Å². The van der Waals surface area contributed by atoms with E-state index in [0.29, 0.717) is 0 Å². The van der Waals surface area contributed by atoms with Crippen molar-refractivity contribution in [2.24, 2.45) is 0 Å². The molecule has 3 aromatic rings. The summed E-state index contributed by atoms with van der Waals surface area (Å²) in [5, 5.41) is 0. The van der Waals surface area contributed by atoms with Gasteiger partial charge in [0.1, 0.15) is 5.82 Å². The second kappa shape index (κ2) is 5.93. The highest BCUT2D eigenvalue weighted by Gasteiger charge is 2.07. The lowest BCUT2D eigenvalue weighted by atomic mass is 10.1. The van der Waals surface area contributed by atoms with Crippen molar-refractivity contribution >= 4 is 11.4 Å². The first-order chi connectivity index (χ1) is 10.6. The molecule has 4 heteroatoms. The Morgan fingerprint density at radius 2 is 1.86 bits per heavy atom. The maximum atomic E-state index is 5.85. The minimum absolute atomic E-state index is 0.760. The standard InChI is InChI=1S/C18H20N4/c1-21(2)17-8-6-15(7-9-17)18-20-10-11-22(18)13-14-4-3-5-16(19)12-14/h3-12H,13,19H2,1-2H3. The molecule has 4 nitrogen and oxygen atoms in total. The van der Waals surface area contributed by atoms with Gasteiger partial charge in [0.2, 0.25) is 0 Å². The Kier molecular flexibility index (Phi) is 3.83. The molecule has 0 saturated carbocycles. The van der Waals surface area contributed by atoms with E-state index in [9.17, 15) is 0 Å². The average molecular weight is 292 g/mol. The van der Waals surface area contributed by atoms with E-state index in [-0.39, 0.29) is 0 Å². The Morgan fingerprint density at radius 3 is 2.55 bits per heavy atom. The van der Waals surface area contributed by atoms with E-state index in [1.807, 2.05) is 44.7 Å². The molecule has 112 valence electrons. The smallest absolute Gasteiger partial charge is 0.140 e. The van der Waals surface area contributed by atoms with Gasteiger partial charge >= 0.3 is 0 Å². The van der Waals surface area contributed by atoms with Gasteiger partial charge in [-0.2, -0.15) is 0 Å². The number of nitrogens with zero attached hydrogens (tertiary/aromatic N) is 3. The molecule has 3 rings (SSSR count). The van der Waals surface area contributed by atoms with Crippen LogP contribution in [-0.2, 0) is 6.54 Å². The van der Waals surface area contributed by atoms with Gasteiger partial charge in [-0.05, 0) is 42.0 Å². The molecule has 0 aliphatic heterocycles. The fraction of sp³-hybridized carbons (Fsp3) is 0.167. The summed E-state index contributed by atoms with van der Waals surface area (Å²) in [5.74, 6) is 0.965. The van der Waals surface area contributed by atoms with Gasteiger partial charge in [0.15, 0.2) is 0 Å². The van der Waals surface area contributed by atoms with Gasteiger partial charge < -0.3 is 15.2 Å². The molecule has 0 fully saturated rings. The van der Waals surface area contributed by atoms with Crippen LogP contribution in [-0.4, -0.2) is 23.6 Å². The predicted molar refractivity (Wildman–Crippen MR) is 91.9 cm³/mol. The van der Waals surface area contributed by atoms with Crippen LogP contribution in [0.15, 0.2) is 60.9 Å². The summed E-state index contributed by atoms with van der Waals surface area (Å²) >= 11 is 0. The van der Waals surface area contributed by atoms with Crippen LogP contribution in [0.5, 0.6) is 0 Å². The maximum Gasteiger partial charge on any atom is 0.140 e. The van der Waals surface area contributed by atoms with Crippen LogP contribution in [0.1, 0.15) is 5.56 Å². The summed E-state index contributed by atoms with van der Waals surface area (Å²) in [4.78, 5) is 6.58. The Bertz CT molecular complexity index is 757.